The molecule has 48 heavy (non-hydrogen) atoms. The number of halogens is 4. The van der Waals surface area contributed by atoms with Gasteiger partial charge in [0.25, 0.3) is 0 Å². The lowest BCUT2D eigenvalue weighted by molar-refractivity contribution is -0.0679. The van der Waals surface area contributed by atoms with Crippen LogP contribution in [0, 0.1) is 45.6 Å². The number of nitriles is 2. The summed E-state index contributed by atoms with van der Waals surface area (Å²) >= 11 is 1.03. The summed E-state index contributed by atoms with van der Waals surface area (Å²) in [4.78, 5) is 11.5. The maximum Gasteiger partial charge on any atom is 0.319 e. The van der Waals surface area contributed by atoms with Gasteiger partial charge in [-0.25, -0.2) is 17.6 Å². The van der Waals surface area contributed by atoms with Crippen LogP contribution >= 0.6 is 11.3 Å². The number of alkyl halides is 2. The summed E-state index contributed by atoms with van der Waals surface area (Å²) in [5.41, 5.74) is 2.14. The number of nitrogens with two attached hydrogens (primary N) is 1. The average molecular weight is 687 g/mol. The Morgan fingerprint density at radius 1 is 1.17 bits per heavy atom. The summed E-state index contributed by atoms with van der Waals surface area (Å²) in [5, 5.41) is 31.4. The molecule has 0 aliphatic carbocycles. The number of nitrogen functional groups attached to an aromatic ring is 1. The molecule has 0 saturated carbocycles. The molecule has 2 aliphatic heterocycles. The second-order valence-corrected chi connectivity index (χ2v) is 13.8. The highest BCUT2D eigenvalue weighted by Crippen LogP contribution is 2.47. The van der Waals surface area contributed by atoms with E-state index in [0.717, 1.165) is 28.4 Å². The van der Waals surface area contributed by atoms with Gasteiger partial charge in [-0.05, 0) is 45.1 Å². The van der Waals surface area contributed by atoms with E-state index in [1.54, 1.807) is 4.90 Å². The number of ether oxygens (including phenoxy) is 2. The van der Waals surface area contributed by atoms with Crippen LogP contribution in [0.25, 0.3) is 32.1 Å². The van der Waals surface area contributed by atoms with Gasteiger partial charge in [0.15, 0.2) is 5.82 Å². The maximum atomic E-state index is 16.2. The van der Waals surface area contributed by atoms with E-state index in [0.29, 0.717) is 4.70 Å². The second-order valence-electron chi connectivity index (χ2n) is 12.8. The molecule has 4 heterocycles. The number of piperidine rings is 1. The highest BCUT2D eigenvalue weighted by molar-refractivity contribution is 7.23. The van der Waals surface area contributed by atoms with Crippen LogP contribution in [0.3, 0.4) is 0 Å². The van der Waals surface area contributed by atoms with E-state index in [4.69, 9.17) is 19.3 Å². The largest absolute Gasteiger partial charge is 0.463 e. The van der Waals surface area contributed by atoms with Crippen LogP contribution < -0.4 is 15.4 Å². The van der Waals surface area contributed by atoms with Gasteiger partial charge in [-0.15, -0.1) is 11.3 Å². The predicted octanol–water partition coefficient (Wildman–Crippen LogP) is 5.30. The van der Waals surface area contributed by atoms with Crippen molar-refractivity contribution in [2.45, 2.75) is 32.3 Å². The molecule has 3 atom stereocenters. The zero-order valence-corrected chi connectivity index (χ0v) is 26.8. The minimum atomic E-state index is -2.80. The summed E-state index contributed by atoms with van der Waals surface area (Å²) in [6.07, 6.45) is -2.91. The lowest BCUT2D eigenvalue weighted by atomic mass is 9.73. The van der Waals surface area contributed by atoms with Crippen molar-refractivity contribution in [2.24, 2.45) is 11.3 Å². The molecule has 2 saturated heterocycles. The second kappa shape index (κ2) is 12.6. The molecular weight excluding hydrogens is 650 g/mol. The molecule has 2 fully saturated rings. The third kappa shape index (κ3) is 5.96. The number of nitrogens with zero attached hydrogens (tertiary/aromatic N) is 6. The van der Waals surface area contributed by atoms with Crippen LogP contribution in [0.15, 0.2) is 18.2 Å². The number of β-amino-alcohol motifs (C(OH)–C–C–N with tert-alkyl or cyclic N) is 1. The standard InChI is InChI=1S/C33H33F4N7O3S/c1-32(13-43(3)7-6-19(32)28(36)37)15-47-31-41-27-21(35)10-17(11-38)23(25-20(34)4-5-22-24(25)18(12-39)29(40)48-22)26(27)30(42-31)44-8-9-46-16-33(2,45)14-44/h4-5,10,19,28,45H,6-9,13-16,40H2,1-3H3/t19-,32+,33+/m1/s1/i3D3. The Morgan fingerprint density at radius 3 is 2.67 bits per heavy atom. The molecule has 2 aliphatic rings. The van der Waals surface area contributed by atoms with Crippen LogP contribution in [-0.2, 0) is 4.74 Å². The van der Waals surface area contributed by atoms with Crippen LogP contribution in [-0.4, -0.2) is 85.0 Å². The Kier molecular flexibility index (Phi) is 7.85. The molecule has 0 radical (unpaired) electrons. The van der Waals surface area contributed by atoms with Gasteiger partial charge in [0.05, 0.1) is 48.9 Å². The molecule has 2 aromatic heterocycles. The highest BCUT2D eigenvalue weighted by Gasteiger charge is 2.44. The zero-order valence-electron chi connectivity index (χ0n) is 29.0. The fraction of sp³-hybridized carbons (Fsp3) is 0.455. The van der Waals surface area contributed by atoms with Gasteiger partial charge in [-0.2, -0.15) is 20.5 Å². The van der Waals surface area contributed by atoms with Gasteiger partial charge >= 0.3 is 6.01 Å². The summed E-state index contributed by atoms with van der Waals surface area (Å²) in [6.45, 7) is -0.394. The Morgan fingerprint density at radius 2 is 1.96 bits per heavy atom. The summed E-state index contributed by atoms with van der Waals surface area (Å²) in [5.74, 6) is -3.20. The zero-order chi connectivity index (χ0) is 37.0. The van der Waals surface area contributed by atoms with E-state index in [1.807, 2.05) is 12.1 Å². The lowest BCUT2D eigenvalue weighted by Crippen LogP contribution is -2.51. The fourth-order valence-electron chi connectivity index (χ4n) is 6.69. The number of thiophene rings is 1. The summed E-state index contributed by atoms with van der Waals surface area (Å²) in [7, 11) is 0. The van der Waals surface area contributed by atoms with Crippen molar-refractivity contribution in [1.82, 2.24) is 14.9 Å². The first-order valence-corrected chi connectivity index (χ1v) is 15.9. The summed E-state index contributed by atoms with van der Waals surface area (Å²) < 4.78 is 96.4. The van der Waals surface area contributed by atoms with Crippen molar-refractivity contribution in [2.75, 3.05) is 63.6 Å². The first kappa shape index (κ1) is 29.8. The van der Waals surface area contributed by atoms with Crippen molar-refractivity contribution >= 4 is 43.1 Å². The van der Waals surface area contributed by atoms with Gasteiger partial charge in [0, 0.05) is 49.7 Å². The number of benzene rings is 2. The monoisotopic (exact) mass is 686 g/mol. The Hall–Kier alpha value is -4.28. The van der Waals surface area contributed by atoms with E-state index in [-0.39, 0.29) is 89.7 Å². The topological polar surface area (TPSA) is 145 Å². The molecule has 15 heteroatoms. The normalized spacial score (nSPS) is 24.9. The minimum Gasteiger partial charge on any atom is -0.463 e. The van der Waals surface area contributed by atoms with E-state index >= 15 is 8.78 Å². The van der Waals surface area contributed by atoms with Crippen LogP contribution in [0.4, 0.5) is 28.4 Å². The van der Waals surface area contributed by atoms with Crippen LogP contribution in [0.5, 0.6) is 6.01 Å². The Labute approximate surface area is 282 Å². The first-order valence-electron chi connectivity index (χ1n) is 16.5. The van der Waals surface area contributed by atoms with Gasteiger partial charge in [0.2, 0.25) is 6.43 Å². The Balaban J connectivity index is 1.60. The highest BCUT2D eigenvalue weighted by atomic mass is 32.1. The molecule has 0 spiro atoms. The molecular formula is C33H33F4N7O3S. The van der Waals surface area contributed by atoms with Crippen LogP contribution in [0.1, 0.15) is 35.5 Å². The van der Waals surface area contributed by atoms with E-state index < -0.39 is 60.1 Å². The van der Waals surface area contributed by atoms with Gasteiger partial charge in [-0.1, -0.05) is 6.92 Å². The van der Waals surface area contributed by atoms with Crippen molar-refractivity contribution in [3.8, 4) is 29.3 Å². The van der Waals surface area contributed by atoms with Crippen LogP contribution in [0.2, 0.25) is 0 Å². The predicted molar refractivity (Wildman–Crippen MR) is 173 cm³/mol. The number of hydrogen-bond acceptors (Lipinski definition) is 11. The van der Waals surface area contributed by atoms with Crippen molar-refractivity contribution in [3.63, 3.8) is 0 Å². The minimum absolute atomic E-state index is 0.0418. The number of aliphatic hydroxyl groups is 1. The third-order valence-corrected chi connectivity index (χ3v) is 9.93. The number of anilines is 2. The molecule has 0 unspecified atom stereocenters. The van der Waals surface area contributed by atoms with Gasteiger partial charge in [0.1, 0.15) is 33.8 Å². The number of hydrogen-bond donors (Lipinski definition) is 2. The third-order valence-electron chi connectivity index (χ3n) is 8.94. The molecule has 0 amide bonds. The van der Waals surface area contributed by atoms with Gasteiger partial charge < -0.3 is 30.1 Å². The summed E-state index contributed by atoms with van der Waals surface area (Å²) in [6, 6.07) is 6.89. The Bertz CT molecular complexity index is 2100. The van der Waals surface area contributed by atoms with E-state index in [9.17, 15) is 24.4 Å². The first-order chi connectivity index (χ1) is 24.0. The smallest absolute Gasteiger partial charge is 0.319 e. The van der Waals surface area contributed by atoms with E-state index in [2.05, 4.69) is 9.97 Å². The molecule has 4 aromatic rings. The lowest BCUT2D eigenvalue weighted by Gasteiger charge is -2.44. The molecule has 6 rings (SSSR count). The number of rotatable bonds is 6. The van der Waals surface area contributed by atoms with Gasteiger partial charge in [-0.3, -0.25) is 0 Å². The molecule has 252 valence electrons. The van der Waals surface area contributed by atoms with Crippen molar-refractivity contribution in [3.05, 3.63) is 41.0 Å². The number of fused-ring (bicyclic) bond motifs is 2. The maximum absolute atomic E-state index is 16.2. The molecule has 0 bridgehead atoms. The number of likely N-dealkylation sites (tertiary alicyclic amines) is 1. The SMILES string of the molecule is [2H]C([2H])([2H])N1CC[C@H](C(F)F)[C@](C)(COc2nc(N3CCOC[C@@](C)(O)C3)c3c(-c4c(F)ccc5sc(N)c(C#N)c45)c(C#N)cc(F)c3n2)C1. The number of aromatic nitrogens is 2. The molecule has 3 N–H and O–H groups in total. The molecule has 2 aromatic carbocycles. The average Bonchev–Trinajstić information content (AvgIpc) is 3.27. The quantitative estimate of drug-likeness (QED) is 0.256. The molecule has 10 nitrogen and oxygen atoms in total. The van der Waals surface area contributed by atoms with E-state index in [1.165, 1.54) is 19.9 Å². The van der Waals surface area contributed by atoms with Crippen molar-refractivity contribution in [1.29, 1.82) is 10.5 Å². The fourth-order valence-corrected chi connectivity index (χ4v) is 7.61. The van der Waals surface area contributed by atoms with Crippen molar-refractivity contribution < 1.29 is 36.3 Å².